The summed E-state index contributed by atoms with van der Waals surface area (Å²) in [7, 11) is 12.7. The summed E-state index contributed by atoms with van der Waals surface area (Å²) in [6, 6.07) is 13.6. The van der Waals surface area contributed by atoms with Gasteiger partial charge in [0.15, 0.2) is 5.71 Å². The lowest BCUT2D eigenvalue weighted by Crippen LogP contribution is -2.26. The molecule has 174 valence electrons. The van der Waals surface area contributed by atoms with Crippen LogP contribution in [0.3, 0.4) is 0 Å². The Morgan fingerprint density at radius 1 is 0.818 bits per heavy atom. The zero-order valence-electron chi connectivity index (χ0n) is 22.0. The van der Waals surface area contributed by atoms with E-state index in [2.05, 4.69) is 144 Å². The molecule has 0 spiro atoms. The van der Waals surface area contributed by atoms with E-state index in [4.69, 9.17) is 0 Å². The number of hydrogen-bond donors (Lipinski definition) is 0. The first-order valence-corrected chi connectivity index (χ1v) is 11.7. The molecule has 33 heavy (non-hydrogen) atoms. The maximum atomic E-state index is 2.35. The van der Waals surface area contributed by atoms with Crippen LogP contribution in [-0.2, 0) is 10.8 Å². The zero-order valence-corrected chi connectivity index (χ0v) is 22.0. The number of nitrogens with zero attached hydrogens (tertiary/aromatic N) is 4. The minimum atomic E-state index is -0.0371. The fourth-order valence-electron chi connectivity index (χ4n) is 5.45. The maximum Gasteiger partial charge on any atom is 0.211 e. The van der Waals surface area contributed by atoms with Crippen molar-refractivity contribution in [2.75, 3.05) is 57.0 Å². The largest absolute Gasteiger partial charge is 0.378 e. The summed E-state index contributed by atoms with van der Waals surface area (Å²) < 4.78 is 2.35. The van der Waals surface area contributed by atoms with Crippen molar-refractivity contribution in [2.45, 2.75) is 38.5 Å². The van der Waals surface area contributed by atoms with E-state index in [1.807, 2.05) is 0 Å². The predicted molar refractivity (Wildman–Crippen MR) is 144 cm³/mol. The van der Waals surface area contributed by atoms with Gasteiger partial charge in [-0.25, -0.2) is 0 Å². The van der Waals surface area contributed by atoms with Gasteiger partial charge in [-0.15, -0.1) is 0 Å². The van der Waals surface area contributed by atoms with Crippen LogP contribution in [-0.4, -0.2) is 52.6 Å². The van der Waals surface area contributed by atoms with Crippen LogP contribution in [0, 0.1) is 0 Å². The average Bonchev–Trinajstić information content (AvgIpc) is 3.06. The highest BCUT2D eigenvalue weighted by Crippen LogP contribution is 2.48. The van der Waals surface area contributed by atoms with Crippen LogP contribution in [0.1, 0.15) is 38.8 Å². The molecule has 2 heterocycles. The molecular formula is C29H39N4+. The van der Waals surface area contributed by atoms with Gasteiger partial charge in [-0.1, -0.05) is 26.0 Å². The number of fused-ring (bicyclic) bond motifs is 2. The summed E-state index contributed by atoms with van der Waals surface area (Å²) in [5.41, 5.74) is 10.4. The molecule has 4 rings (SSSR count). The molecule has 0 saturated heterocycles. The molecule has 4 nitrogen and oxygen atoms in total. The van der Waals surface area contributed by atoms with Crippen molar-refractivity contribution in [1.82, 2.24) is 0 Å². The zero-order chi connectivity index (χ0) is 24.3. The summed E-state index contributed by atoms with van der Waals surface area (Å²) in [6.45, 7) is 9.28. The molecule has 4 heteroatoms. The molecule has 2 aliphatic heterocycles. The fourth-order valence-corrected chi connectivity index (χ4v) is 5.45. The summed E-state index contributed by atoms with van der Waals surface area (Å²) in [5, 5.41) is 0. The molecule has 0 fully saturated rings. The highest BCUT2D eigenvalue weighted by atomic mass is 15.2. The Kier molecular flexibility index (Phi) is 5.47. The molecule has 0 aliphatic carbocycles. The lowest BCUT2D eigenvalue weighted by molar-refractivity contribution is -0.401. The van der Waals surface area contributed by atoms with Crippen molar-refractivity contribution >= 4 is 28.5 Å². The van der Waals surface area contributed by atoms with Crippen LogP contribution in [0.4, 0.5) is 22.7 Å². The minimum Gasteiger partial charge on any atom is -0.378 e. The van der Waals surface area contributed by atoms with Gasteiger partial charge in [0, 0.05) is 81.1 Å². The van der Waals surface area contributed by atoms with Crippen LogP contribution in [0.15, 0.2) is 60.3 Å². The molecule has 0 unspecified atom stereocenters. The molecule has 0 N–H and O–H groups in total. The SMILES string of the molecule is CN(C)c1ccc2c(c1)N(C)/C(=C\C=C\C1=[N+](C)c3cc(N(C)C)ccc3C1(C)C)C2(C)C. The molecule has 0 saturated carbocycles. The van der Waals surface area contributed by atoms with Crippen LogP contribution in [0.2, 0.25) is 0 Å². The Hall–Kier alpha value is -3.01. The third-order valence-electron chi connectivity index (χ3n) is 7.58. The lowest BCUT2D eigenvalue weighted by Gasteiger charge is -2.23. The van der Waals surface area contributed by atoms with E-state index in [-0.39, 0.29) is 10.8 Å². The van der Waals surface area contributed by atoms with Crippen molar-refractivity contribution in [2.24, 2.45) is 0 Å². The molecule has 0 amide bonds. The summed E-state index contributed by atoms with van der Waals surface area (Å²) in [4.78, 5) is 6.67. The molecule has 0 atom stereocenters. The van der Waals surface area contributed by atoms with Gasteiger partial charge in [-0.2, -0.15) is 4.58 Å². The second kappa shape index (κ2) is 7.79. The molecule has 2 aliphatic rings. The number of rotatable bonds is 4. The Balaban J connectivity index is 1.70. The van der Waals surface area contributed by atoms with Crippen molar-refractivity contribution < 1.29 is 4.58 Å². The molecule has 0 bridgehead atoms. The fraction of sp³-hybridized carbons (Fsp3) is 0.414. The van der Waals surface area contributed by atoms with Gasteiger partial charge in [0.25, 0.3) is 0 Å². The second-order valence-electron chi connectivity index (χ2n) is 10.9. The van der Waals surface area contributed by atoms with Crippen LogP contribution < -0.4 is 14.7 Å². The highest BCUT2D eigenvalue weighted by molar-refractivity contribution is 6.03. The first-order chi connectivity index (χ1) is 15.4. The normalized spacial score (nSPS) is 19.5. The lowest BCUT2D eigenvalue weighted by atomic mass is 9.81. The van der Waals surface area contributed by atoms with E-state index in [0.29, 0.717) is 0 Å². The first-order valence-electron chi connectivity index (χ1n) is 11.7. The van der Waals surface area contributed by atoms with E-state index in [1.165, 1.54) is 45.3 Å². The van der Waals surface area contributed by atoms with Crippen LogP contribution in [0.5, 0.6) is 0 Å². The molecule has 2 aromatic rings. The minimum absolute atomic E-state index is 0.0371. The van der Waals surface area contributed by atoms with Crippen molar-refractivity contribution in [3.05, 3.63) is 71.5 Å². The standard InChI is InChI=1S/C29H39N4/c1-28(2)22-16-14-20(30(5)6)18-24(22)32(9)26(28)12-11-13-27-29(3,4)23-17-15-21(31(7)8)19-25(23)33(27)10/h11-19H,1-10H3/q+1. The van der Waals surface area contributed by atoms with Crippen molar-refractivity contribution in [3.8, 4) is 0 Å². The first kappa shape index (κ1) is 23.2. The van der Waals surface area contributed by atoms with Crippen molar-refractivity contribution in [1.29, 1.82) is 0 Å². The van der Waals surface area contributed by atoms with Gasteiger partial charge < -0.3 is 14.7 Å². The Morgan fingerprint density at radius 3 is 2.00 bits per heavy atom. The average molecular weight is 444 g/mol. The monoisotopic (exact) mass is 443 g/mol. The number of anilines is 3. The molecule has 2 aromatic carbocycles. The Morgan fingerprint density at radius 2 is 1.39 bits per heavy atom. The predicted octanol–water partition coefficient (Wildman–Crippen LogP) is 5.69. The number of likely N-dealkylation sites (N-methyl/N-ethyl adjacent to an activating group) is 1. The highest BCUT2D eigenvalue weighted by Gasteiger charge is 2.43. The maximum absolute atomic E-state index is 2.35. The van der Waals surface area contributed by atoms with Gasteiger partial charge in [-0.3, -0.25) is 0 Å². The third-order valence-corrected chi connectivity index (χ3v) is 7.58. The Bertz CT molecular complexity index is 1190. The summed E-state index contributed by atoms with van der Waals surface area (Å²) in [5.74, 6) is 0. The summed E-state index contributed by atoms with van der Waals surface area (Å²) >= 11 is 0. The van der Waals surface area contributed by atoms with Crippen molar-refractivity contribution in [3.63, 3.8) is 0 Å². The number of benzene rings is 2. The molecular weight excluding hydrogens is 404 g/mol. The topological polar surface area (TPSA) is 12.7 Å². The van der Waals surface area contributed by atoms with E-state index in [9.17, 15) is 0 Å². The van der Waals surface area contributed by atoms with Gasteiger partial charge in [-0.05, 0) is 49.8 Å². The molecule has 0 aromatic heterocycles. The Labute approximate surface area is 200 Å². The van der Waals surface area contributed by atoms with E-state index in [0.717, 1.165) is 0 Å². The summed E-state index contributed by atoms with van der Waals surface area (Å²) in [6.07, 6.45) is 6.82. The number of hydrogen-bond acceptors (Lipinski definition) is 3. The van der Waals surface area contributed by atoms with Gasteiger partial charge in [0.1, 0.15) is 7.05 Å². The molecule has 0 radical (unpaired) electrons. The van der Waals surface area contributed by atoms with Gasteiger partial charge >= 0.3 is 0 Å². The van der Waals surface area contributed by atoms with Gasteiger partial charge in [0.05, 0.1) is 5.41 Å². The van der Waals surface area contributed by atoms with E-state index < -0.39 is 0 Å². The second-order valence-corrected chi connectivity index (χ2v) is 10.9. The van der Waals surface area contributed by atoms with Crippen LogP contribution in [0.25, 0.3) is 0 Å². The van der Waals surface area contributed by atoms with E-state index in [1.54, 1.807) is 0 Å². The smallest absolute Gasteiger partial charge is 0.211 e. The number of allylic oxidation sites excluding steroid dienone is 4. The van der Waals surface area contributed by atoms with E-state index >= 15 is 0 Å². The van der Waals surface area contributed by atoms with Crippen LogP contribution >= 0.6 is 0 Å². The van der Waals surface area contributed by atoms with Gasteiger partial charge in [0.2, 0.25) is 5.69 Å². The third kappa shape index (κ3) is 3.56. The quantitative estimate of drug-likeness (QED) is 0.563.